The number of hydrogen-bond donors (Lipinski definition) is 1. The molecule has 1 aromatic carbocycles. The van der Waals surface area contributed by atoms with E-state index in [1.54, 1.807) is 24.1 Å². The molecule has 2 aliphatic heterocycles. The van der Waals surface area contributed by atoms with Crippen molar-refractivity contribution in [3.05, 3.63) is 30.0 Å². The highest BCUT2D eigenvalue weighted by Gasteiger charge is 2.32. The van der Waals surface area contributed by atoms with E-state index in [1.165, 1.54) is 6.26 Å². The summed E-state index contributed by atoms with van der Waals surface area (Å²) < 4.78 is 10.7. The van der Waals surface area contributed by atoms with E-state index in [9.17, 15) is 9.59 Å². The molecular formula is C21H24N4O4. The summed E-state index contributed by atoms with van der Waals surface area (Å²) in [5.41, 5.74) is 1.09. The molecule has 2 aliphatic rings. The van der Waals surface area contributed by atoms with E-state index in [1.807, 2.05) is 11.0 Å². The maximum absolute atomic E-state index is 12.7. The van der Waals surface area contributed by atoms with Crippen molar-refractivity contribution >= 4 is 22.8 Å². The van der Waals surface area contributed by atoms with Crippen LogP contribution in [0.15, 0.2) is 28.9 Å². The summed E-state index contributed by atoms with van der Waals surface area (Å²) in [7, 11) is 1.58. The number of carbonyl (C=O) groups is 2. The Bertz CT molecular complexity index is 963. The van der Waals surface area contributed by atoms with Gasteiger partial charge in [-0.25, -0.2) is 0 Å². The molecule has 8 nitrogen and oxygen atoms in total. The van der Waals surface area contributed by atoms with Crippen LogP contribution in [-0.4, -0.2) is 67.0 Å². The number of hydrogen-bond acceptors (Lipinski definition) is 6. The average molecular weight is 396 g/mol. The van der Waals surface area contributed by atoms with E-state index in [-0.39, 0.29) is 23.9 Å². The van der Waals surface area contributed by atoms with Crippen molar-refractivity contribution in [3.8, 4) is 11.8 Å². The molecule has 3 heterocycles. The number of amides is 2. The number of likely N-dealkylation sites (tertiary alicyclic amines) is 2. The standard InChI is InChI=1S/C21H24N4O4/c1-28-16-4-5-17-18(13-29-19(17)9-16)21(27)23-14-6-8-24(11-14)12-20(26)25-7-2-3-15(25)10-22/h4-5,9,13-15H,2-3,6-8,11-12H2,1H3,(H,23,27)/t14-,15?/m0/s1. The number of rotatable bonds is 5. The second-order valence-electron chi connectivity index (χ2n) is 7.58. The first-order valence-corrected chi connectivity index (χ1v) is 9.86. The van der Waals surface area contributed by atoms with Crippen LogP contribution in [0.3, 0.4) is 0 Å². The summed E-state index contributed by atoms with van der Waals surface area (Å²) in [5, 5.41) is 12.9. The van der Waals surface area contributed by atoms with Crippen LogP contribution in [-0.2, 0) is 4.79 Å². The third kappa shape index (κ3) is 3.91. The van der Waals surface area contributed by atoms with Crippen LogP contribution in [0.2, 0.25) is 0 Å². The molecule has 2 saturated heterocycles. The molecule has 29 heavy (non-hydrogen) atoms. The third-order valence-corrected chi connectivity index (χ3v) is 5.72. The lowest BCUT2D eigenvalue weighted by molar-refractivity contribution is -0.132. The Morgan fingerprint density at radius 3 is 3.00 bits per heavy atom. The van der Waals surface area contributed by atoms with Crippen molar-refractivity contribution in [1.82, 2.24) is 15.1 Å². The minimum atomic E-state index is -0.298. The van der Waals surface area contributed by atoms with Gasteiger partial charge in [-0.3, -0.25) is 14.5 Å². The molecule has 2 amide bonds. The second kappa shape index (κ2) is 8.13. The van der Waals surface area contributed by atoms with Crippen molar-refractivity contribution < 1.29 is 18.7 Å². The van der Waals surface area contributed by atoms with E-state index in [4.69, 9.17) is 14.4 Å². The second-order valence-corrected chi connectivity index (χ2v) is 7.58. The highest BCUT2D eigenvalue weighted by atomic mass is 16.5. The Morgan fingerprint density at radius 1 is 1.34 bits per heavy atom. The summed E-state index contributed by atoms with van der Waals surface area (Å²) in [6, 6.07) is 7.24. The zero-order valence-corrected chi connectivity index (χ0v) is 16.4. The van der Waals surface area contributed by atoms with Crippen molar-refractivity contribution in [3.63, 3.8) is 0 Å². The number of carbonyl (C=O) groups excluding carboxylic acids is 2. The first kappa shape index (κ1) is 19.3. The Morgan fingerprint density at radius 2 is 2.21 bits per heavy atom. The van der Waals surface area contributed by atoms with Crippen molar-refractivity contribution in [2.24, 2.45) is 0 Å². The molecule has 1 aromatic heterocycles. The van der Waals surface area contributed by atoms with Gasteiger partial charge in [0.2, 0.25) is 5.91 Å². The summed E-state index contributed by atoms with van der Waals surface area (Å²) in [6.07, 6.45) is 3.88. The normalized spacial score (nSPS) is 22.0. The van der Waals surface area contributed by atoms with Gasteiger partial charge >= 0.3 is 0 Å². The Hall–Kier alpha value is -3.05. The number of furan rings is 1. The molecule has 0 aliphatic carbocycles. The number of nitrogens with one attached hydrogen (secondary N) is 1. The van der Waals surface area contributed by atoms with E-state index in [0.29, 0.717) is 36.5 Å². The molecule has 2 fully saturated rings. The zero-order valence-electron chi connectivity index (χ0n) is 16.4. The van der Waals surface area contributed by atoms with Crippen molar-refractivity contribution in [2.75, 3.05) is 33.3 Å². The maximum Gasteiger partial charge on any atom is 0.255 e. The van der Waals surface area contributed by atoms with Gasteiger partial charge in [0.1, 0.15) is 23.6 Å². The molecule has 4 rings (SSSR count). The van der Waals surface area contributed by atoms with E-state index in [0.717, 1.165) is 31.2 Å². The first-order chi connectivity index (χ1) is 14.1. The predicted octanol–water partition coefficient (Wildman–Crippen LogP) is 1.76. The molecule has 152 valence electrons. The molecule has 0 spiro atoms. The first-order valence-electron chi connectivity index (χ1n) is 9.86. The van der Waals surface area contributed by atoms with Crippen LogP contribution < -0.4 is 10.1 Å². The van der Waals surface area contributed by atoms with Gasteiger partial charge in [-0.2, -0.15) is 5.26 Å². The molecule has 0 saturated carbocycles. The topological polar surface area (TPSA) is 98.8 Å². The van der Waals surface area contributed by atoms with Crippen LogP contribution >= 0.6 is 0 Å². The Kier molecular flexibility index (Phi) is 5.41. The molecule has 2 aromatic rings. The van der Waals surface area contributed by atoms with Gasteiger partial charge < -0.3 is 19.4 Å². The lowest BCUT2D eigenvalue weighted by Gasteiger charge is -2.23. The maximum atomic E-state index is 12.7. The van der Waals surface area contributed by atoms with E-state index >= 15 is 0 Å². The molecule has 1 unspecified atom stereocenters. The lowest BCUT2D eigenvalue weighted by atomic mass is 10.1. The van der Waals surface area contributed by atoms with Crippen LogP contribution in [0.1, 0.15) is 29.6 Å². The monoisotopic (exact) mass is 396 g/mol. The van der Waals surface area contributed by atoms with Gasteiger partial charge in [0.25, 0.3) is 5.91 Å². The fraction of sp³-hybridized carbons (Fsp3) is 0.476. The molecule has 1 N–H and O–H groups in total. The fourth-order valence-electron chi connectivity index (χ4n) is 4.15. The van der Waals surface area contributed by atoms with Gasteiger partial charge in [-0.05, 0) is 31.4 Å². The average Bonchev–Trinajstić information content (AvgIpc) is 3.46. The quantitative estimate of drug-likeness (QED) is 0.827. The summed E-state index contributed by atoms with van der Waals surface area (Å²) in [5.74, 6) is 0.485. The van der Waals surface area contributed by atoms with E-state index in [2.05, 4.69) is 11.4 Å². The Labute approximate surface area is 169 Å². The number of nitriles is 1. The van der Waals surface area contributed by atoms with Gasteiger partial charge in [-0.15, -0.1) is 0 Å². The summed E-state index contributed by atoms with van der Waals surface area (Å²) in [4.78, 5) is 28.9. The van der Waals surface area contributed by atoms with E-state index < -0.39 is 0 Å². The molecular weight excluding hydrogens is 372 g/mol. The Balaban J connectivity index is 1.34. The van der Waals surface area contributed by atoms with Gasteiger partial charge in [0.05, 0.1) is 25.3 Å². The molecule has 8 heteroatoms. The summed E-state index contributed by atoms with van der Waals surface area (Å²) in [6.45, 7) is 2.31. The predicted molar refractivity (Wildman–Crippen MR) is 105 cm³/mol. The summed E-state index contributed by atoms with van der Waals surface area (Å²) >= 11 is 0. The van der Waals surface area contributed by atoms with Crippen molar-refractivity contribution in [2.45, 2.75) is 31.3 Å². The van der Waals surface area contributed by atoms with Crippen LogP contribution in [0.25, 0.3) is 11.0 Å². The van der Waals surface area contributed by atoms with Crippen LogP contribution in [0, 0.1) is 11.3 Å². The van der Waals surface area contributed by atoms with Gasteiger partial charge in [-0.1, -0.05) is 0 Å². The molecule has 0 bridgehead atoms. The fourth-order valence-corrected chi connectivity index (χ4v) is 4.15. The largest absolute Gasteiger partial charge is 0.497 e. The zero-order chi connectivity index (χ0) is 20.4. The number of fused-ring (bicyclic) bond motifs is 1. The lowest BCUT2D eigenvalue weighted by Crippen LogP contribution is -2.43. The SMILES string of the molecule is COc1ccc2c(C(=O)N[C@H]3CCN(CC(=O)N4CCCC4C#N)C3)coc2c1. The van der Waals surface area contributed by atoms with Crippen LogP contribution in [0.5, 0.6) is 5.75 Å². The number of methoxy groups -OCH3 is 1. The minimum absolute atomic E-state index is 0.00389. The minimum Gasteiger partial charge on any atom is -0.497 e. The van der Waals surface area contributed by atoms with Crippen LogP contribution in [0.4, 0.5) is 0 Å². The third-order valence-electron chi connectivity index (χ3n) is 5.72. The highest BCUT2D eigenvalue weighted by Crippen LogP contribution is 2.26. The van der Waals surface area contributed by atoms with Gasteiger partial charge in [0, 0.05) is 37.1 Å². The molecule has 2 atom stereocenters. The van der Waals surface area contributed by atoms with Gasteiger partial charge in [0.15, 0.2) is 0 Å². The smallest absolute Gasteiger partial charge is 0.255 e. The van der Waals surface area contributed by atoms with Crippen molar-refractivity contribution in [1.29, 1.82) is 5.26 Å². The number of nitrogens with zero attached hydrogens (tertiary/aromatic N) is 3. The number of ether oxygens (including phenoxy) is 1. The highest BCUT2D eigenvalue weighted by molar-refractivity contribution is 6.06. The number of benzene rings is 1. The molecule has 0 radical (unpaired) electrons.